The third-order valence-electron chi connectivity index (χ3n) is 4.70. The van der Waals surface area contributed by atoms with Crippen molar-refractivity contribution in [2.75, 3.05) is 13.6 Å². The molecule has 1 saturated carbocycles. The van der Waals surface area contributed by atoms with E-state index in [1.165, 1.54) is 31.2 Å². The van der Waals surface area contributed by atoms with Gasteiger partial charge in [-0.1, -0.05) is 31.9 Å². The van der Waals surface area contributed by atoms with E-state index in [1.807, 2.05) is 19.2 Å². The molecule has 3 unspecified atom stereocenters. The Morgan fingerprint density at radius 3 is 2.53 bits per heavy atom. The quantitative estimate of drug-likeness (QED) is 0.845. The van der Waals surface area contributed by atoms with E-state index in [2.05, 4.69) is 12.2 Å². The Labute approximate surface area is 116 Å². The molecule has 1 aliphatic rings. The van der Waals surface area contributed by atoms with Crippen LogP contribution in [0.4, 0.5) is 4.39 Å². The van der Waals surface area contributed by atoms with Crippen molar-refractivity contribution in [1.29, 1.82) is 0 Å². The van der Waals surface area contributed by atoms with Gasteiger partial charge in [0.15, 0.2) is 0 Å². The summed E-state index contributed by atoms with van der Waals surface area (Å²) in [6, 6.07) is 7.06. The fourth-order valence-corrected chi connectivity index (χ4v) is 3.50. The van der Waals surface area contributed by atoms with E-state index in [0.717, 1.165) is 30.7 Å². The van der Waals surface area contributed by atoms with Crippen LogP contribution in [-0.2, 0) is 6.42 Å². The van der Waals surface area contributed by atoms with E-state index in [4.69, 9.17) is 0 Å². The van der Waals surface area contributed by atoms with E-state index in [-0.39, 0.29) is 5.82 Å². The summed E-state index contributed by atoms with van der Waals surface area (Å²) in [5, 5.41) is 3.34. The highest BCUT2D eigenvalue weighted by Gasteiger charge is 2.29. The lowest BCUT2D eigenvalue weighted by Gasteiger charge is -2.36. The van der Waals surface area contributed by atoms with Crippen LogP contribution in [0.2, 0.25) is 0 Å². The molecule has 19 heavy (non-hydrogen) atoms. The highest BCUT2D eigenvalue weighted by molar-refractivity contribution is 5.17. The number of hydrogen-bond acceptors (Lipinski definition) is 1. The molecule has 0 saturated heterocycles. The Kier molecular flexibility index (Phi) is 5.38. The Morgan fingerprint density at radius 1 is 1.16 bits per heavy atom. The van der Waals surface area contributed by atoms with Gasteiger partial charge in [-0.15, -0.1) is 0 Å². The van der Waals surface area contributed by atoms with Crippen molar-refractivity contribution in [1.82, 2.24) is 5.32 Å². The SMILES string of the molecule is CCC1CCC(CNC)C(Cc2ccc(F)cc2)C1. The molecule has 1 nitrogen and oxygen atoms in total. The van der Waals surface area contributed by atoms with Gasteiger partial charge in [-0.2, -0.15) is 0 Å². The third kappa shape index (κ3) is 4.04. The smallest absolute Gasteiger partial charge is 0.123 e. The maximum atomic E-state index is 13.0. The van der Waals surface area contributed by atoms with Crippen LogP contribution in [0.1, 0.15) is 38.2 Å². The van der Waals surface area contributed by atoms with Gasteiger partial charge in [0.05, 0.1) is 0 Å². The van der Waals surface area contributed by atoms with E-state index < -0.39 is 0 Å². The Hall–Kier alpha value is -0.890. The molecule has 3 atom stereocenters. The molecular weight excluding hydrogens is 237 g/mol. The van der Waals surface area contributed by atoms with E-state index >= 15 is 0 Å². The maximum Gasteiger partial charge on any atom is 0.123 e. The maximum absolute atomic E-state index is 13.0. The molecule has 0 aromatic heterocycles. The Bertz CT molecular complexity index is 373. The van der Waals surface area contributed by atoms with E-state index in [0.29, 0.717) is 0 Å². The minimum absolute atomic E-state index is 0.134. The van der Waals surface area contributed by atoms with Crippen molar-refractivity contribution in [2.24, 2.45) is 17.8 Å². The van der Waals surface area contributed by atoms with Crippen molar-refractivity contribution in [2.45, 2.75) is 39.0 Å². The van der Waals surface area contributed by atoms with Crippen LogP contribution < -0.4 is 5.32 Å². The summed E-state index contributed by atoms with van der Waals surface area (Å²) in [5.41, 5.74) is 1.28. The largest absolute Gasteiger partial charge is 0.319 e. The molecule has 1 fully saturated rings. The van der Waals surface area contributed by atoms with Gasteiger partial charge in [-0.25, -0.2) is 4.39 Å². The van der Waals surface area contributed by atoms with Gasteiger partial charge in [0.2, 0.25) is 0 Å². The lowest BCUT2D eigenvalue weighted by atomic mass is 9.71. The Balaban J connectivity index is 2.02. The van der Waals surface area contributed by atoms with Gasteiger partial charge in [0.1, 0.15) is 5.82 Å². The number of nitrogens with one attached hydrogen (secondary N) is 1. The molecule has 0 heterocycles. The monoisotopic (exact) mass is 263 g/mol. The second-order valence-corrected chi connectivity index (χ2v) is 6.00. The number of hydrogen-bond donors (Lipinski definition) is 1. The standard InChI is InChI=1S/C17H26FN/c1-3-13-4-7-15(12-19-2)16(10-13)11-14-5-8-17(18)9-6-14/h5-6,8-9,13,15-16,19H,3-4,7,10-12H2,1-2H3. The molecule has 0 aliphatic heterocycles. The molecule has 0 radical (unpaired) electrons. The zero-order chi connectivity index (χ0) is 13.7. The molecule has 1 aromatic rings. The third-order valence-corrected chi connectivity index (χ3v) is 4.70. The average molecular weight is 263 g/mol. The highest BCUT2D eigenvalue weighted by Crippen LogP contribution is 2.37. The number of halogens is 1. The summed E-state index contributed by atoms with van der Waals surface area (Å²) >= 11 is 0. The lowest BCUT2D eigenvalue weighted by Crippen LogP contribution is -2.33. The van der Waals surface area contributed by atoms with Gasteiger partial charge in [0.25, 0.3) is 0 Å². The molecule has 0 amide bonds. The van der Waals surface area contributed by atoms with Gasteiger partial charge in [-0.3, -0.25) is 0 Å². The minimum Gasteiger partial charge on any atom is -0.319 e. The summed E-state index contributed by atoms with van der Waals surface area (Å²) in [6.07, 6.45) is 6.45. The number of benzene rings is 1. The highest BCUT2D eigenvalue weighted by atomic mass is 19.1. The Morgan fingerprint density at radius 2 is 1.89 bits per heavy atom. The second-order valence-electron chi connectivity index (χ2n) is 6.00. The number of rotatable bonds is 5. The normalized spacial score (nSPS) is 27.4. The van der Waals surface area contributed by atoms with Gasteiger partial charge >= 0.3 is 0 Å². The molecule has 2 heteroatoms. The first kappa shape index (κ1) is 14.5. The lowest BCUT2D eigenvalue weighted by molar-refractivity contribution is 0.173. The average Bonchev–Trinajstić information content (AvgIpc) is 2.43. The predicted octanol–water partition coefficient (Wildman–Crippen LogP) is 4.03. The summed E-state index contributed by atoms with van der Waals surface area (Å²) < 4.78 is 13.0. The van der Waals surface area contributed by atoms with Crippen LogP contribution >= 0.6 is 0 Å². The van der Waals surface area contributed by atoms with Crippen molar-refractivity contribution < 1.29 is 4.39 Å². The molecule has 0 spiro atoms. The molecule has 2 rings (SSSR count). The van der Waals surface area contributed by atoms with Crippen LogP contribution in [0.15, 0.2) is 24.3 Å². The van der Waals surface area contributed by atoms with Crippen LogP contribution in [0.25, 0.3) is 0 Å². The molecule has 1 aliphatic carbocycles. The molecule has 106 valence electrons. The van der Waals surface area contributed by atoms with Crippen molar-refractivity contribution in [3.8, 4) is 0 Å². The minimum atomic E-state index is -0.134. The summed E-state index contributed by atoms with van der Waals surface area (Å²) in [5.74, 6) is 2.28. The van der Waals surface area contributed by atoms with Crippen LogP contribution in [-0.4, -0.2) is 13.6 Å². The van der Waals surface area contributed by atoms with Crippen LogP contribution in [0.3, 0.4) is 0 Å². The first-order chi connectivity index (χ1) is 9.22. The fraction of sp³-hybridized carbons (Fsp3) is 0.647. The van der Waals surface area contributed by atoms with Crippen molar-refractivity contribution >= 4 is 0 Å². The van der Waals surface area contributed by atoms with Crippen molar-refractivity contribution in [3.05, 3.63) is 35.6 Å². The second kappa shape index (κ2) is 7.04. The summed E-state index contributed by atoms with van der Waals surface area (Å²) in [6.45, 7) is 3.42. The van der Waals surface area contributed by atoms with Crippen LogP contribution in [0, 0.1) is 23.6 Å². The van der Waals surface area contributed by atoms with Crippen LogP contribution in [0.5, 0.6) is 0 Å². The summed E-state index contributed by atoms with van der Waals surface area (Å²) in [7, 11) is 2.04. The van der Waals surface area contributed by atoms with Gasteiger partial charge in [0, 0.05) is 0 Å². The summed E-state index contributed by atoms with van der Waals surface area (Å²) in [4.78, 5) is 0. The first-order valence-corrected chi connectivity index (χ1v) is 7.62. The van der Waals surface area contributed by atoms with E-state index in [1.54, 1.807) is 12.1 Å². The topological polar surface area (TPSA) is 12.0 Å². The van der Waals surface area contributed by atoms with Crippen molar-refractivity contribution in [3.63, 3.8) is 0 Å². The van der Waals surface area contributed by atoms with Gasteiger partial charge < -0.3 is 5.32 Å². The first-order valence-electron chi connectivity index (χ1n) is 7.62. The molecule has 1 N–H and O–H groups in total. The molecule has 1 aromatic carbocycles. The zero-order valence-electron chi connectivity index (χ0n) is 12.2. The fourth-order valence-electron chi connectivity index (χ4n) is 3.50. The molecule has 0 bridgehead atoms. The van der Waals surface area contributed by atoms with E-state index in [9.17, 15) is 4.39 Å². The molecular formula is C17H26FN. The van der Waals surface area contributed by atoms with Gasteiger partial charge in [-0.05, 0) is 68.3 Å². The zero-order valence-corrected chi connectivity index (χ0v) is 12.2. The predicted molar refractivity (Wildman–Crippen MR) is 78.6 cm³/mol.